The zero-order valence-corrected chi connectivity index (χ0v) is 7.56. The zero-order chi connectivity index (χ0) is 7.56. The van der Waals surface area contributed by atoms with E-state index in [0.29, 0.717) is 12.1 Å². The van der Waals surface area contributed by atoms with Crippen molar-refractivity contribution < 1.29 is 0 Å². The summed E-state index contributed by atoms with van der Waals surface area (Å²) in [5.74, 6) is 0.804. The maximum absolute atomic E-state index is 5.80. The average molecular weight is 162 g/mol. The van der Waals surface area contributed by atoms with Gasteiger partial charge in [-0.05, 0) is 33.2 Å². The van der Waals surface area contributed by atoms with E-state index in [-0.39, 0.29) is 0 Å². The predicted octanol–water partition coefficient (Wildman–Crippen LogP) is 2.10. The number of halogens is 1. The smallest absolute Gasteiger partial charge is 0.0379 e. The van der Waals surface area contributed by atoms with Gasteiger partial charge in [0.05, 0.1) is 0 Å². The Morgan fingerprint density at radius 1 is 1.60 bits per heavy atom. The molecule has 2 heteroatoms. The van der Waals surface area contributed by atoms with Gasteiger partial charge in [-0.3, -0.25) is 4.90 Å². The molecule has 0 N–H and O–H groups in total. The molecule has 1 fully saturated rings. The number of likely N-dealkylation sites (tertiary alicyclic amines) is 1. The summed E-state index contributed by atoms with van der Waals surface area (Å²) in [4.78, 5) is 2.49. The van der Waals surface area contributed by atoms with E-state index >= 15 is 0 Å². The van der Waals surface area contributed by atoms with Crippen LogP contribution in [-0.2, 0) is 0 Å². The molecule has 1 unspecified atom stereocenters. The van der Waals surface area contributed by atoms with E-state index in [1.165, 1.54) is 19.4 Å². The van der Waals surface area contributed by atoms with Gasteiger partial charge in [0.25, 0.3) is 0 Å². The normalized spacial score (nSPS) is 28.2. The van der Waals surface area contributed by atoms with Gasteiger partial charge < -0.3 is 0 Å². The molecule has 0 spiro atoms. The molecule has 0 aliphatic carbocycles. The van der Waals surface area contributed by atoms with Gasteiger partial charge in [0.15, 0.2) is 0 Å². The van der Waals surface area contributed by atoms with Crippen LogP contribution in [0.5, 0.6) is 0 Å². The van der Waals surface area contributed by atoms with E-state index in [1.54, 1.807) is 0 Å². The van der Waals surface area contributed by atoms with Crippen LogP contribution in [0.15, 0.2) is 0 Å². The molecule has 1 atom stereocenters. The van der Waals surface area contributed by atoms with Crippen molar-refractivity contribution in [3.8, 4) is 0 Å². The Hall–Kier alpha value is 0.250. The fourth-order valence-electron chi connectivity index (χ4n) is 1.70. The molecule has 60 valence electrons. The lowest BCUT2D eigenvalue weighted by Crippen LogP contribution is -2.36. The van der Waals surface area contributed by atoms with Crippen LogP contribution >= 0.6 is 11.6 Å². The van der Waals surface area contributed by atoms with Crippen molar-refractivity contribution in [2.24, 2.45) is 0 Å². The molecule has 1 aliphatic heterocycles. The van der Waals surface area contributed by atoms with Gasteiger partial charge in [-0.2, -0.15) is 0 Å². The maximum atomic E-state index is 5.80. The van der Waals surface area contributed by atoms with Gasteiger partial charge in [-0.15, -0.1) is 11.6 Å². The van der Waals surface area contributed by atoms with Crippen LogP contribution in [-0.4, -0.2) is 29.4 Å². The van der Waals surface area contributed by atoms with Crippen molar-refractivity contribution in [1.29, 1.82) is 0 Å². The van der Waals surface area contributed by atoms with Gasteiger partial charge >= 0.3 is 0 Å². The van der Waals surface area contributed by atoms with Gasteiger partial charge in [0.1, 0.15) is 0 Å². The summed E-state index contributed by atoms with van der Waals surface area (Å²) in [5.41, 5.74) is 0. The monoisotopic (exact) mass is 161 g/mol. The summed E-state index contributed by atoms with van der Waals surface area (Å²) in [6.07, 6.45) is 2.62. The number of alkyl halides is 1. The molecule has 0 aromatic carbocycles. The number of nitrogens with zero attached hydrogens (tertiary/aromatic N) is 1. The quantitative estimate of drug-likeness (QED) is 0.561. The van der Waals surface area contributed by atoms with Crippen LogP contribution in [0.1, 0.15) is 26.7 Å². The highest BCUT2D eigenvalue weighted by molar-refractivity contribution is 6.18. The molecule has 0 bridgehead atoms. The number of rotatable bonds is 2. The molecule has 0 radical (unpaired) electrons. The first-order valence-corrected chi connectivity index (χ1v) is 4.61. The van der Waals surface area contributed by atoms with Crippen LogP contribution in [0.3, 0.4) is 0 Å². The van der Waals surface area contributed by atoms with Crippen LogP contribution in [0, 0.1) is 0 Å². The van der Waals surface area contributed by atoms with E-state index < -0.39 is 0 Å². The largest absolute Gasteiger partial charge is 0.297 e. The first kappa shape index (κ1) is 8.35. The van der Waals surface area contributed by atoms with Crippen LogP contribution in [0.4, 0.5) is 0 Å². The predicted molar refractivity (Wildman–Crippen MR) is 45.6 cm³/mol. The third-order valence-electron chi connectivity index (χ3n) is 2.26. The third-order valence-corrected chi connectivity index (χ3v) is 2.62. The first-order valence-electron chi connectivity index (χ1n) is 4.07. The highest BCUT2D eigenvalue weighted by Gasteiger charge is 2.24. The SMILES string of the molecule is CC(C)N1CCCC1CCl. The van der Waals surface area contributed by atoms with Crippen molar-refractivity contribution in [2.45, 2.75) is 38.8 Å². The standard InChI is InChI=1S/C8H16ClN/c1-7(2)10-5-3-4-8(10)6-9/h7-8H,3-6H2,1-2H3. The Kier molecular flexibility index (Phi) is 2.99. The minimum Gasteiger partial charge on any atom is -0.297 e. The minimum atomic E-state index is 0.654. The second-order valence-corrected chi connectivity index (χ2v) is 3.59. The second kappa shape index (κ2) is 3.59. The van der Waals surface area contributed by atoms with E-state index in [4.69, 9.17) is 11.6 Å². The molecule has 0 aromatic rings. The van der Waals surface area contributed by atoms with Gasteiger partial charge in [0, 0.05) is 18.0 Å². The minimum absolute atomic E-state index is 0.654. The lowest BCUT2D eigenvalue weighted by atomic mass is 10.2. The van der Waals surface area contributed by atoms with Crippen LogP contribution in [0.2, 0.25) is 0 Å². The Bertz CT molecular complexity index is 103. The molecule has 10 heavy (non-hydrogen) atoms. The molecule has 0 aromatic heterocycles. The average Bonchev–Trinajstić information content (AvgIpc) is 2.33. The Balaban J connectivity index is 2.42. The highest BCUT2D eigenvalue weighted by atomic mass is 35.5. The van der Waals surface area contributed by atoms with E-state index in [2.05, 4.69) is 18.7 Å². The van der Waals surface area contributed by atoms with Crippen molar-refractivity contribution in [3.05, 3.63) is 0 Å². The molecule has 0 amide bonds. The molecular weight excluding hydrogens is 146 g/mol. The van der Waals surface area contributed by atoms with Gasteiger partial charge in [-0.1, -0.05) is 0 Å². The molecule has 0 saturated carbocycles. The van der Waals surface area contributed by atoms with Crippen molar-refractivity contribution in [3.63, 3.8) is 0 Å². The lowest BCUT2D eigenvalue weighted by Gasteiger charge is -2.26. The summed E-state index contributed by atoms with van der Waals surface area (Å²) >= 11 is 5.80. The summed E-state index contributed by atoms with van der Waals surface area (Å²) in [6.45, 7) is 5.73. The van der Waals surface area contributed by atoms with Crippen LogP contribution < -0.4 is 0 Å². The molecule has 1 nitrogen and oxygen atoms in total. The number of hydrogen-bond acceptors (Lipinski definition) is 1. The van der Waals surface area contributed by atoms with Crippen molar-refractivity contribution in [2.75, 3.05) is 12.4 Å². The fourth-order valence-corrected chi connectivity index (χ4v) is 2.04. The van der Waals surface area contributed by atoms with E-state index in [9.17, 15) is 0 Å². The highest BCUT2D eigenvalue weighted by Crippen LogP contribution is 2.20. The van der Waals surface area contributed by atoms with Gasteiger partial charge in [0.2, 0.25) is 0 Å². The summed E-state index contributed by atoms with van der Waals surface area (Å²) < 4.78 is 0. The lowest BCUT2D eigenvalue weighted by molar-refractivity contribution is 0.218. The summed E-state index contributed by atoms with van der Waals surface area (Å²) in [7, 11) is 0. The third kappa shape index (κ3) is 1.64. The Morgan fingerprint density at radius 2 is 2.30 bits per heavy atom. The molecule has 1 saturated heterocycles. The number of hydrogen-bond donors (Lipinski definition) is 0. The topological polar surface area (TPSA) is 3.24 Å². The maximum Gasteiger partial charge on any atom is 0.0379 e. The first-order chi connectivity index (χ1) is 4.75. The van der Waals surface area contributed by atoms with Crippen molar-refractivity contribution in [1.82, 2.24) is 4.90 Å². The van der Waals surface area contributed by atoms with Crippen molar-refractivity contribution >= 4 is 11.6 Å². The van der Waals surface area contributed by atoms with Crippen LogP contribution in [0.25, 0.3) is 0 Å². The summed E-state index contributed by atoms with van der Waals surface area (Å²) in [5, 5.41) is 0. The molecule has 1 rings (SSSR count). The Morgan fingerprint density at radius 3 is 2.70 bits per heavy atom. The summed E-state index contributed by atoms with van der Waals surface area (Å²) in [6, 6.07) is 1.33. The molecule has 1 aliphatic rings. The fraction of sp³-hybridized carbons (Fsp3) is 1.00. The van der Waals surface area contributed by atoms with E-state index in [1.807, 2.05) is 0 Å². The second-order valence-electron chi connectivity index (χ2n) is 3.28. The molecular formula is C8H16ClN. The van der Waals surface area contributed by atoms with Gasteiger partial charge in [-0.25, -0.2) is 0 Å². The van der Waals surface area contributed by atoms with E-state index in [0.717, 1.165) is 5.88 Å². The Labute approximate surface area is 68.4 Å². The molecule has 1 heterocycles. The zero-order valence-electron chi connectivity index (χ0n) is 6.81.